The van der Waals surface area contributed by atoms with E-state index in [1.165, 1.54) is 0 Å². The van der Waals surface area contributed by atoms with Crippen LogP contribution < -0.4 is 0 Å². The van der Waals surface area contributed by atoms with Gasteiger partial charge in [-0.25, -0.2) is 0 Å². The average Bonchev–Trinajstić information content (AvgIpc) is 2.49. The van der Waals surface area contributed by atoms with Gasteiger partial charge in [-0.05, 0) is 37.5 Å². The fourth-order valence-corrected chi connectivity index (χ4v) is 3.15. The number of piperidine rings is 2. The molecule has 2 aliphatic rings. The van der Waals surface area contributed by atoms with Crippen LogP contribution >= 0.6 is 0 Å². The summed E-state index contributed by atoms with van der Waals surface area (Å²) in [6.45, 7) is 4.66. The monoisotopic (exact) mass is 282 g/mol. The van der Waals surface area contributed by atoms with E-state index in [0.717, 1.165) is 32.1 Å². The molecule has 0 aliphatic carbocycles. The van der Waals surface area contributed by atoms with Crippen molar-refractivity contribution in [3.63, 3.8) is 0 Å². The topological polar surface area (TPSA) is 60.9 Å². The minimum Gasteiger partial charge on any atom is -0.396 e. The fourth-order valence-electron chi connectivity index (χ4n) is 3.15. The molecular formula is C15H26N2O3. The first-order valence-corrected chi connectivity index (χ1v) is 7.77. The van der Waals surface area contributed by atoms with Gasteiger partial charge < -0.3 is 14.9 Å². The highest BCUT2D eigenvalue weighted by molar-refractivity contribution is 5.85. The molecule has 2 fully saturated rings. The summed E-state index contributed by atoms with van der Waals surface area (Å²) in [5.41, 5.74) is -0.00226. The van der Waals surface area contributed by atoms with Gasteiger partial charge in [0.25, 0.3) is 0 Å². The molecule has 0 bridgehead atoms. The van der Waals surface area contributed by atoms with Crippen LogP contribution in [0, 0.1) is 5.41 Å². The highest BCUT2D eigenvalue weighted by Gasteiger charge is 2.34. The van der Waals surface area contributed by atoms with E-state index in [-0.39, 0.29) is 30.4 Å². The highest BCUT2D eigenvalue weighted by atomic mass is 16.3. The number of aliphatic hydroxyl groups is 1. The van der Waals surface area contributed by atoms with Crippen LogP contribution in [-0.4, -0.2) is 59.5 Å². The lowest BCUT2D eigenvalue weighted by Gasteiger charge is -2.41. The summed E-state index contributed by atoms with van der Waals surface area (Å²) in [5, 5.41) is 9.51. The number of hydrogen-bond donors (Lipinski definition) is 1. The zero-order valence-electron chi connectivity index (χ0n) is 12.4. The van der Waals surface area contributed by atoms with Crippen LogP contribution in [-0.2, 0) is 9.59 Å². The zero-order chi connectivity index (χ0) is 14.6. The molecule has 2 amide bonds. The Hall–Kier alpha value is -1.10. The number of carbonyl (C=O) groups is 2. The fraction of sp³-hybridized carbons (Fsp3) is 0.867. The molecule has 0 saturated carbocycles. The van der Waals surface area contributed by atoms with Gasteiger partial charge in [-0.1, -0.05) is 6.92 Å². The molecule has 0 aromatic heterocycles. The van der Waals surface area contributed by atoms with E-state index in [4.69, 9.17) is 0 Å². The van der Waals surface area contributed by atoms with Crippen LogP contribution in [0.1, 0.15) is 45.4 Å². The first kappa shape index (κ1) is 15.3. The van der Waals surface area contributed by atoms with Crippen molar-refractivity contribution in [2.24, 2.45) is 5.41 Å². The van der Waals surface area contributed by atoms with Crippen molar-refractivity contribution < 1.29 is 14.7 Å². The highest BCUT2D eigenvalue weighted by Crippen LogP contribution is 2.34. The van der Waals surface area contributed by atoms with Crippen LogP contribution in [0.2, 0.25) is 0 Å². The third-order valence-corrected chi connectivity index (χ3v) is 5.01. The number of amides is 2. The Bertz CT molecular complexity index is 356. The molecule has 20 heavy (non-hydrogen) atoms. The van der Waals surface area contributed by atoms with Crippen molar-refractivity contribution in [1.29, 1.82) is 0 Å². The van der Waals surface area contributed by atoms with Gasteiger partial charge >= 0.3 is 0 Å². The Morgan fingerprint density at radius 3 is 2.50 bits per heavy atom. The Balaban J connectivity index is 1.84. The first-order valence-electron chi connectivity index (χ1n) is 7.77. The van der Waals surface area contributed by atoms with Crippen molar-refractivity contribution in [2.45, 2.75) is 45.4 Å². The minimum absolute atomic E-state index is 0.00226. The maximum absolute atomic E-state index is 12.3. The van der Waals surface area contributed by atoms with Gasteiger partial charge in [-0.3, -0.25) is 9.59 Å². The van der Waals surface area contributed by atoms with E-state index in [9.17, 15) is 14.7 Å². The van der Waals surface area contributed by atoms with Gasteiger partial charge in [0.05, 0.1) is 6.54 Å². The number of carbonyl (C=O) groups excluding carboxylic acids is 2. The Kier molecular flexibility index (Phi) is 5.02. The normalized spacial score (nSPS) is 23.0. The molecular weight excluding hydrogens is 256 g/mol. The van der Waals surface area contributed by atoms with E-state index >= 15 is 0 Å². The second-order valence-corrected chi connectivity index (χ2v) is 6.16. The maximum atomic E-state index is 12.3. The van der Waals surface area contributed by atoms with Gasteiger partial charge in [-0.2, -0.15) is 0 Å². The maximum Gasteiger partial charge on any atom is 0.242 e. The van der Waals surface area contributed by atoms with Gasteiger partial charge in [0.15, 0.2) is 0 Å². The standard InChI is InChI=1S/C15H26N2O3/c1-2-15(12-18)6-9-16(10-7-15)14(20)11-17-8-4-3-5-13(17)19/h18H,2-12H2,1H3. The number of nitrogens with zero attached hydrogens (tertiary/aromatic N) is 2. The number of hydrogen-bond acceptors (Lipinski definition) is 3. The third kappa shape index (κ3) is 3.32. The van der Waals surface area contributed by atoms with E-state index in [0.29, 0.717) is 26.1 Å². The van der Waals surface area contributed by atoms with Crippen molar-refractivity contribution in [3.05, 3.63) is 0 Å². The Labute approximate surface area is 120 Å². The lowest BCUT2D eigenvalue weighted by molar-refractivity contribution is -0.143. The molecule has 114 valence electrons. The first-order chi connectivity index (χ1) is 9.60. The van der Waals surface area contributed by atoms with Crippen LogP contribution in [0.15, 0.2) is 0 Å². The summed E-state index contributed by atoms with van der Waals surface area (Å²) in [7, 11) is 0. The SMILES string of the molecule is CCC1(CO)CCN(C(=O)CN2CCCCC2=O)CC1. The predicted octanol–water partition coefficient (Wildman–Crippen LogP) is 1.01. The minimum atomic E-state index is -0.00226. The summed E-state index contributed by atoms with van der Waals surface area (Å²) >= 11 is 0. The molecule has 0 aromatic carbocycles. The van der Waals surface area contributed by atoms with Crippen molar-refractivity contribution >= 4 is 11.8 Å². The van der Waals surface area contributed by atoms with Crippen LogP contribution in [0.3, 0.4) is 0 Å². The summed E-state index contributed by atoms with van der Waals surface area (Å²) in [5.74, 6) is 0.169. The number of likely N-dealkylation sites (tertiary alicyclic amines) is 2. The molecule has 0 unspecified atom stereocenters. The molecule has 0 spiro atoms. The van der Waals surface area contributed by atoms with Gasteiger partial charge in [0, 0.05) is 32.7 Å². The Morgan fingerprint density at radius 2 is 1.95 bits per heavy atom. The summed E-state index contributed by atoms with van der Waals surface area (Å²) < 4.78 is 0. The smallest absolute Gasteiger partial charge is 0.242 e. The molecule has 2 rings (SSSR count). The summed E-state index contributed by atoms with van der Waals surface area (Å²) in [6.07, 6.45) is 5.21. The van der Waals surface area contributed by atoms with Crippen LogP contribution in [0.5, 0.6) is 0 Å². The van der Waals surface area contributed by atoms with Crippen molar-refractivity contribution in [1.82, 2.24) is 9.80 Å². The van der Waals surface area contributed by atoms with E-state index in [1.807, 2.05) is 4.90 Å². The Morgan fingerprint density at radius 1 is 1.25 bits per heavy atom. The van der Waals surface area contributed by atoms with Crippen molar-refractivity contribution in [3.8, 4) is 0 Å². The van der Waals surface area contributed by atoms with Crippen LogP contribution in [0.25, 0.3) is 0 Å². The number of aliphatic hydroxyl groups excluding tert-OH is 1. The van der Waals surface area contributed by atoms with Gasteiger partial charge in [-0.15, -0.1) is 0 Å². The van der Waals surface area contributed by atoms with Crippen molar-refractivity contribution in [2.75, 3.05) is 32.8 Å². The second kappa shape index (κ2) is 6.57. The molecule has 1 N–H and O–H groups in total. The molecule has 5 heteroatoms. The third-order valence-electron chi connectivity index (χ3n) is 5.01. The van der Waals surface area contributed by atoms with E-state index < -0.39 is 0 Å². The lowest BCUT2D eigenvalue weighted by atomic mass is 9.77. The largest absolute Gasteiger partial charge is 0.396 e. The summed E-state index contributed by atoms with van der Waals surface area (Å²) in [4.78, 5) is 27.5. The van der Waals surface area contributed by atoms with Gasteiger partial charge in [0.1, 0.15) is 0 Å². The van der Waals surface area contributed by atoms with E-state index in [2.05, 4.69) is 6.92 Å². The number of rotatable bonds is 4. The van der Waals surface area contributed by atoms with Crippen LogP contribution in [0.4, 0.5) is 0 Å². The van der Waals surface area contributed by atoms with Gasteiger partial charge in [0.2, 0.25) is 11.8 Å². The molecule has 2 heterocycles. The second-order valence-electron chi connectivity index (χ2n) is 6.16. The molecule has 5 nitrogen and oxygen atoms in total. The lowest BCUT2D eigenvalue weighted by Crippen LogP contribution is -2.49. The quantitative estimate of drug-likeness (QED) is 0.837. The average molecular weight is 282 g/mol. The summed E-state index contributed by atoms with van der Waals surface area (Å²) in [6, 6.07) is 0. The molecule has 2 saturated heterocycles. The van der Waals surface area contributed by atoms with E-state index in [1.54, 1.807) is 4.90 Å². The molecule has 0 atom stereocenters. The molecule has 2 aliphatic heterocycles. The predicted molar refractivity (Wildman–Crippen MR) is 76.1 cm³/mol. The zero-order valence-corrected chi connectivity index (χ0v) is 12.4. The molecule has 0 aromatic rings. The molecule has 0 radical (unpaired) electrons.